The van der Waals surface area contributed by atoms with Crippen molar-refractivity contribution in [3.63, 3.8) is 0 Å². The predicted molar refractivity (Wildman–Crippen MR) is 377 cm³/mol. The number of carbonyl (C=O) groups excluding carboxylic acids is 6. The number of aryl methyl sites for hydroxylation is 2. The van der Waals surface area contributed by atoms with Gasteiger partial charge < -0.3 is 90.6 Å². The molecule has 0 radical (unpaired) electrons. The Morgan fingerprint density at radius 2 is 0.827 bits per heavy atom. The van der Waals surface area contributed by atoms with Gasteiger partial charge in [-0.05, 0) is 97.5 Å². The Balaban J connectivity index is 0.773. The maximum atomic E-state index is 13.8. The van der Waals surface area contributed by atoms with Gasteiger partial charge in [0.15, 0.2) is 0 Å². The second-order valence-corrected chi connectivity index (χ2v) is 24.5. The molecule has 4 heterocycles. The monoisotopic (exact) mass is 1560 g/mol. The Morgan fingerprint density at radius 3 is 1.19 bits per heavy atom. The molecule has 6 amide bonds. The first kappa shape index (κ1) is 88.2. The maximum Gasteiger partial charge on any atom is 0.573 e. The molecule has 10 N–H and O–H groups in total. The number of nitrogens with zero attached hydrogens (tertiary/aromatic N) is 8. The van der Waals surface area contributed by atoms with Crippen LogP contribution < -0.4 is 52.0 Å². The number of pyridine rings is 2. The van der Waals surface area contributed by atoms with Crippen molar-refractivity contribution in [1.29, 1.82) is 0 Å². The molecule has 0 aliphatic heterocycles. The minimum Gasteiger partial charge on any atom is -0.481 e. The lowest BCUT2D eigenvalue weighted by molar-refractivity contribution is -0.275. The summed E-state index contributed by atoms with van der Waals surface area (Å²) < 4.78 is 122. The van der Waals surface area contributed by atoms with Crippen molar-refractivity contribution in [1.82, 2.24) is 71.9 Å². The summed E-state index contributed by atoms with van der Waals surface area (Å²) in [5.74, 6) is -6.11. The van der Waals surface area contributed by atoms with Gasteiger partial charge in [-0.2, -0.15) is 0 Å². The van der Waals surface area contributed by atoms with Crippen molar-refractivity contribution >= 4 is 59.0 Å². The first-order chi connectivity index (χ1) is 52.7. The van der Waals surface area contributed by atoms with E-state index in [0.29, 0.717) is 37.6 Å². The van der Waals surface area contributed by atoms with Crippen LogP contribution in [0.15, 0.2) is 97.6 Å². The fourth-order valence-corrected chi connectivity index (χ4v) is 10.2. The van der Waals surface area contributed by atoms with Gasteiger partial charge in [-0.15, -0.1) is 36.5 Å². The SMILES string of the molecule is Cc1ccnc(NCCCC(=O)NC(Cc2cn(CCOCCOCCOCCNC(=O)CCC(=O)NCCOCCOCCOCCn3cc(CC(NC(=O)CCCNc4cc(C)ccn4)C(=O)NC(CC(=O)O)c4cccc(OC(F)(F)F)c4)nn3)nn2)C(=O)NC(CC(=O)O)c2cccc(OC(F)(F)F)c2)c1. The zero-order valence-corrected chi connectivity index (χ0v) is 60.6. The molecule has 0 fully saturated rings. The number of carbonyl (C=O) groups is 8. The number of nitrogens with one attached hydrogen (secondary N) is 8. The second kappa shape index (κ2) is 48.0. The van der Waals surface area contributed by atoms with Crippen molar-refractivity contribution in [2.45, 2.75) is 128 Å². The van der Waals surface area contributed by atoms with Crippen LogP contribution in [0.5, 0.6) is 11.5 Å². The van der Waals surface area contributed by atoms with Crippen molar-refractivity contribution < 1.29 is 113 Å². The van der Waals surface area contributed by atoms with Crippen LogP contribution >= 0.6 is 0 Å². The Morgan fingerprint density at radius 1 is 0.455 bits per heavy atom. The highest BCUT2D eigenvalue weighted by molar-refractivity contribution is 5.89. The van der Waals surface area contributed by atoms with Crippen LogP contribution in [0.25, 0.3) is 0 Å². The van der Waals surface area contributed by atoms with E-state index in [2.05, 4.69) is 82.6 Å². The summed E-state index contributed by atoms with van der Waals surface area (Å²) in [6.07, 6.45) is -4.94. The molecule has 0 saturated heterocycles. The standard InChI is InChI=1S/C70H92F6N16O18/c1-47-15-19-79-59(37-47)77-17-5-11-63(95)83-57(67(101)85-55(43-65(97)98)49-7-3-9-53(39-49)109-69(71,72)73)41-51-45-91(89-87-51)23-27-105-31-35-107-33-29-103-25-21-81-61(93)13-14-62(94)82-22-26-104-30-34-108-36-32-106-28-24-92-46-52(88-90-92)42-58(84-64(96)12-6-18-78-60-38-48(2)16-20-80-60)68(102)86-56(44-66(99)100)50-8-4-10-54(40-50)110-70(74,75)76/h3-4,7-10,15-16,19-20,37-40,45-46,55-58H,5-6,11-14,17-18,21-36,41-44H2,1-2H3,(H,77,79)(H,78,80)(H,81,93)(H,82,94)(H,83,95)(H,84,96)(H,85,101)(H,86,102)(H,97,98)(H,99,100). The number of aromatic nitrogens is 8. The highest BCUT2D eigenvalue weighted by Gasteiger charge is 2.34. The second-order valence-electron chi connectivity index (χ2n) is 24.5. The molecule has 6 rings (SSSR count). The van der Waals surface area contributed by atoms with Crippen molar-refractivity contribution in [2.75, 3.05) is 116 Å². The van der Waals surface area contributed by atoms with E-state index < -0.39 is 96.8 Å². The first-order valence-corrected chi connectivity index (χ1v) is 35.2. The third-order valence-electron chi connectivity index (χ3n) is 15.4. The zero-order chi connectivity index (χ0) is 79.5. The number of halogens is 6. The van der Waals surface area contributed by atoms with E-state index in [1.54, 1.807) is 12.4 Å². The number of aliphatic carboxylic acids is 2. The first-order valence-electron chi connectivity index (χ1n) is 35.2. The summed E-state index contributed by atoms with van der Waals surface area (Å²) in [6.45, 7) is 8.03. The number of hydrogen-bond donors (Lipinski definition) is 10. The Hall–Kier alpha value is -10.7. The zero-order valence-electron chi connectivity index (χ0n) is 60.6. The summed E-state index contributed by atoms with van der Waals surface area (Å²) >= 11 is 0. The molecule has 0 aliphatic rings. The van der Waals surface area contributed by atoms with Crippen LogP contribution in [-0.4, -0.2) is 228 Å². The van der Waals surface area contributed by atoms with Gasteiger partial charge >= 0.3 is 24.7 Å². The van der Waals surface area contributed by atoms with Crippen molar-refractivity contribution in [3.8, 4) is 11.5 Å². The van der Waals surface area contributed by atoms with Gasteiger partial charge in [0.05, 0.1) is 129 Å². The van der Waals surface area contributed by atoms with E-state index in [0.717, 1.165) is 35.4 Å². The number of alkyl halides is 6. The molecule has 0 spiro atoms. The number of benzene rings is 2. The highest BCUT2D eigenvalue weighted by Crippen LogP contribution is 2.29. The molecule has 0 aliphatic carbocycles. The largest absolute Gasteiger partial charge is 0.573 e. The summed E-state index contributed by atoms with van der Waals surface area (Å²) in [6, 6.07) is 11.2. The third-order valence-corrected chi connectivity index (χ3v) is 15.4. The Bertz CT molecular complexity index is 3600. The van der Waals surface area contributed by atoms with Gasteiger partial charge in [0.1, 0.15) is 35.2 Å². The van der Waals surface area contributed by atoms with E-state index in [4.69, 9.17) is 28.4 Å². The summed E-state index contributed by atoms with van der Waals surface area (Å²) in [7, 11) is 0. The van der Waals surface area contributed by atoms with Gasteiger partial charge in [0.25, 0.3) is 0 Å². The molecule has 4 aromatic heterocycles. The van der Waals surface area contributed by atoms with Crippen molar-refractivity contribution in [3.05, 3.63) is 131 Å². The van der Waals surface area contributed by atoms with Crippen LogP contribution in [0.3, 0.4) is 0 Å². The number of rotatable bonds is 55. The van der Waals surface area contributed by atoms with Gasteiger partial charge in [-0.1, -0.05) is 34.7 Å². The molecule has 602 valence electrons. The molecule has 34 nitrogen and oxygen atoms in total. The normalized spacial score (nSPS) is 12.5. The molecular weight excluding hydrogens is 1470 g/mol. The molecule has 6 aromatic rings. The van der Waals surface area contributed by atoms with E-state index in [-0.39, 0.29) is 178 Å². The van der Waals surface area contributed by atoms with E-state index in [1.807, 2.05) is 38.1 Å². The molecule has 4 atom stereocenters. The maximum absolute atomic E-state index is 13.8. The van der Waals surface area contributed by atoms with Gasteiger partial charge in [0.2, 0.25) is 35.4 Å². The van der Waals surface area contributed by atoms with Gasteiger partial charge in [-0.25, -0.2) is 19.3 Å². The smallest absolute Gasteiger partial charge is 0.481 e. The fourth-order valence-electron chi connectivity index (χ4n) is 10.2. The van der Waals surface area contributed by atoms with Crippen LogP contribution in [0, 0.1) is 13.8 Å². The fraction of sp³-hybridized carbons (Fsp3) is 0.514. The summed E-state index contributed by atoms with van der Waals surface area (Å²) in [5.41, 5.74) is 2.54. The Labute approximate surface area is 628 Å². The van der Waals surface area contributed by atoms with Crippen molar-refractivity contribution in [2.24, 2.45) is 0 Å². The average molecular weight is 1560 g/mol. The minimum atomic E-state index is -5.03. The van der Waals surface area contributed by atoms with Gasteiger partial charge in [0, 0.05) is 89.5 Å². The quantitative estimate of drug-likeness (QED) is 0.0187. The number of amides is 6. The van der Waals surface area contributed by atoms with E-state index in [1.165, 1.54) is 46.0 Å². The number of hydrogen-bond acceptors (Lipinski definition) is 24. The molecular formula is C70H92F6N16O18. The van der Waals surface area contributed by atoms with Crippen LogP contribution in [0.1, 0.15) is 97.1 Å². The Kier molecular flexibility index (Phi) is 38.5. The van der Waals surface area contributed by atoms with E-state index >= 15 is 0 Å². The lowest BCUT2D eigenvalue weighted by Gasteiger charge is -2.23. The lowest BCUT2D eigenvalue weighted by atomic mass is 10.0. The van der Waals surface area contributed by atoms with Crippen LogP contribution in [-0.2, 0) is 92.7 Å². The molecule has 0 bridgehead atoms. The molecule has 2 aromatic carbocycles. The number of ether oxygens (including phenoxy) is 8. The van der Waals surface area contributed by atoms with Gasteiger partial charge in [-0.3, -0.25) is 38.4 Å². The van der Waals surface area contributed by atoms with Crippen LogP contribution in [0.4, 0.5) is 38.0 Å². The number of carboxylic acid groups (broad SMARTS) is 2. The minimum absolute atomic E-state index is 0.00957. The predicted octanol–water partition coefficient (Wildman–Crippen LogP) is 4.39. The topological polar surface area (TPSA) is 434 Å². The molecule has 40 heteroatoms. The molecule has 110 heavy (non-hydrogen) atoms. The van der Waals surface area contributed by atoms with Crippen LogP contribution in [0.2, 0.25) is 0 Å². The summed E-state index contributed by atoms with van der Waals surface area (Å²) in [5, 5.41) is 57.8. The lowest BCUT2D eigenvalue weighted by Crippen LogP contribution is -2.49. The third kappa shape index (κ3) is 37.9. The number of anilines is 2. The molecule has 4 unspecified atom stereocenters. The van der Waals surface area contributed by atoms with E-state index in [9.17, 15) is 74.9 Å². The average Bonchev–Trinajstić information content (AvgIpc) is 1.77. The highest BCUT2D eigenvalue weighted by atomic mass is 19.4. The number of carboxylic acids is 2. The summed E-state index contributed by atoms with van der Waals surface area (Å²) in [4.78, 5) is 111. The molecule has 0 saturated carbocycles.